The Bertz CT molecular complexity index is 788. The van der Waals surface area contributed by atoms with Crippen LogP contribution < -0.4 is 0 Å². The Balaban J connectivity index is 1.71. The maximum atomic E-state index is 4.58. The molecule has 4 rings (SSSR count). The van der Waals surface area contributed by atoms with Gasteiger partial charge < -0.3 is 4.98 Å². The van der Waals surface area contributed by atoms with Crippen LogP contribution in [0.1, 0.15) is 37.4 Å². The lowest BCUT2D eigenvalue weighted by Gasteiger charge is -2.04. The molecule has 0 unspecified atom stereocenters. The molecule has 1 aromatic carbocycles. The number of hydrogen-bond donors (Lipinski definition) is 1. The number of fused-ring (bicyclic) bond motifs is 1. The first-order valence-electron chi connectivity index (χ1n) is 7.40. The van der Waals surface area contributed by atoms with E-state index < -0.39 is 0 Å². The fourth-order valence-corrected chi connectivity index (χ4v) is 3.48. The van der Waals surface area contributed by atoms with E-state index in [1.165, 1.54) is 25.7 Å². The van der Waals surface area contributed by atoms with Gasteiger partial charge in [0.2, 0.25) is 0 Å². The van der Waals surface area contributed by atoms with Crippen LogP contribution in [-0.2, 0) is 0 Å². The molecular formula is C17H16BrN3. The summed E-state index contributed by atoms with van der Waals surface area (Å²) < 4.78 is 1.06. The zero-order valence-corrected chi connectivity index (χ0v) is 13.2. The van der Waals surface area contributed by atoms with Gasteiger partial charge in [0.1, 0.15) is 5.82 Å². The predicted octanol–water partition coefficient (Wildman–Crippen LogP) is 5.05. The summed E-state index contributed by atoms with van der Waals surface area (Å²) in [5.41, 5.74) is 3.17. The summed E-state index contributed by atoms with van der Waals surface area (Å²) in [5, 5.41) is 1.15. The van der Waals surface area contributed by atoms with Crippen molar-refractivity contribution >= 4 is 26.8 Å². The minimum absolute atomic E-state index is 0.614. The van der Waals surface area contributed by atoms with Crippen LogP contribution >= 0.6 is 15.9 Å². The second-order valence-electron chi connectivity index (χ2n) is 5.72. The molecule has 0 amide bonds. The molecule has 0 radical (unpaired) electrons. The summed E-state index contributed by atoms with van der Waals surface area (Å²) in [6.45, 7) is 0. The van der Waals surface area contributed by atoms with Gasteiger partial charge in [-0.25, -0.2) is 4.98 Å². The second kappa shape index (κ2) is 5.26. The van der Waals surface area contributed by atoms with Gasteiger partial charge in [-0.2, -0.15) is 0 Å². The molecule has 2 heterocycles. The number of pyridine rings is 1. The average molecular weight is 342 g/mol. The van der Waals surface area contributed by atoms with Crippen LogP contribution in [-0.4, -0.2) is 15.0 Å². The maximum absolute atomic E-state index is 4.58. The molecule has 106 valence electrons. The van der Waals surface area contributed by atoms with Gasteiger partial charge in [-0.15, -0.1) is 0 Å². The van der Waals surface area contributed by atoms with Crippen LogP contribution in [0.4, 0.5) is 0 Å². The molecule has 1 fully saturated rings. The minimum atomic E-state index is 0.614. The largest absolute Gasteiger partial charge is 0.342 e. The van der Waals surface area contributed by atoms with E-state index in [9.17, 15) is 0 Å². The van der Waals surface area contributed by atoms with Crippen LogP contribution in [0.15, 0.2) is 41.1 Å². The standard InChI is InChI=1S/C17H16BrN3/c18-14-6-5-12-7-13(9-19-15(12)8-14)16-10-20-17(21-16)11-3-1-2-4-11/h5-11H,1-4H2,(H,20,21). The zero-order chi connectivity index (χ0) is 14.2. The van der Waals surface area contributed by atoms with Gasteiger partial charge in [0.25, 0.3) is 0 Å². The first kappa shape index (κ1) is 13.0. The third-order valence-corrected chi connectivity index (χ3v) is 4.79. The van der Waals surface area contributed by atoms with Gasteiger partial charge in [-0.3, -0.25) is 4.98 Å². The SMILES string of the molecule is Brc1ccc2cc(-c3cnc(C4CCCC4)[nH]3)cnc2c1. The van der Waals surface area contributed by atoms with Gasteiger partial charge in [-0.1, -0.05) is 34.8 Å². The molecule has 2 aromatic heterocycles. The van der Waals surface area contributed by atoms with Crippen molar-refractivity contribution in [3.8, 4) is 11.3 Å². The Hall–Kier alpha value is -1.68. The van der Waals surface area contributed by atoms with Crippen LogP contribution in [0.2, 0.25) is 0 Å². The lowest BCUT2D eigenvalue weighted by Crippen LogP contribution is -1.94. The maximum Gasteiger partial charge on any atom is 0.109 e. The molecule has 3 aromatic rings. The average Bonchev–Trinajstić information content (AvgIpc) is 3.17. The summed E-state index contributed by atoms with van der Waals surface area (Å²) in [7, 11) is 0. The van der Waals surface area contributed by atoms with Crippen molar-refractivity contribution in [3.63, 3.8) is 0 Å². The first-order valence-corrected chi connectivity index (χ1v) is 8.19. The topological polar surface area (TPSA) is 41.6 Å². The molecule has 3 nitrogen and oxygen atoms in total. The van der Waals surface area contributed by atoms with Crippen LogP contribution in [0.3, 0.4) is 0 Å². The molecule has 21 heavy (non-hydrogen) atoms. The highest BCUT2D eigenvalue weighted by Crippen LogP contribution is 2.33. The van der Waals surface area contributed by atoms with Gasteiger partial charge in [0.05, 0.1) is 17.4 Å². The Morgan fingerprint density at radius 2 is 1.90 bits per heavy atom. The number of halogens is 1. The Labute approximate surface area is 132 Å². The molecule has 0 bridgehead atoms. The molecule has 1 aliphatic rings. The molecule has 0 saturated heterocycles. The number of H-pyrrole nitrogens is 1. The molecule has 1 N–H and O–H groups in total. The van der Waals surface area contributed by atoms with E-state index in [1.54, 1.807) is 0 Å². The van der Waals surface area contributed by atoms with Gasteiger partial charge in [0, 0.05) is 27.5 Å². The highest BCUT2D eigenvalue weighted by atomic mass is 79.9. The minimum Gasteiger partial charge on any atom is -0.342 e. The predicted molar refractivity (Wildman–Crippen MR) is 88.2 cm³/mol. The fraction of sp³-hybridized carbons (Fsp3) is 0.294. The summed E-state index contributed by atoms with van der Waals surface area (Å²) in [6, 6.07) is 8.34. The van der Waals surface area contributed by atoms with E-state index >= 15 is 0 Å². The van der Waals surface area contributed by atoms with Crippen molar-refractivity contribution in [1.82, 2.24) is 15.0 Å². The number of hydrogen-bond acceptors (Lipinski definition) is 2. The Kier molecular flexibility index (Phi) is 3.26. The Morgan fingerprint density at radius 1 is 1.05 bits per heavy atom. The van der Waals surface area contributed by atoms with E-state index in [0.717, 1.165) is 32.5 Å². The van der Waals surface area contributed by atoms with Gasteiger partial charge >= 0.3 is 0 Å². The van der Waals surface area contributed by atoms with E-state index in [1.807, 2.05) is 24.5 Å². The molecule has 0 atom stereocenters. The molecule has 0 spiro atoms. The smallest absolute Gasteiger partial charge is 0.109 e. The number of benzene rings is 1. The molecule has 1 aliphatic carbocycles. The van der Waals surface area contributed by atoms with Crippen LogP contribution in [0.5, 0.6) is 0 Å². The molecule has 1 saturated carbocycles. The second-order valence-corrected chi connectivity index (χ2v) is 6.64. The van der Waals surface area contributed by atoms with E-state index in [0.29, 0.717) is 5.92 Å². The van der Waals surface area contributed by atoms with Crippen molar-refractivity contribution in [1.29, 1.82) is 0 Å². The van der Waals surface area contributed by atoms with Crippen LogP contribution in [0.25, 0.3) is 22.2 Å². The fourth-order valence-electron chi connectivity index (χ4n) is 3.13. The number of nitrogens with one attached hydrogen (secondary N) is 1. The molecule has 0 aliphatic heterocycles. The lowest BCUT2D eigenvalue weighted by molar-refractivity contribution is 0.679. The van der Waals surface area contributed by atoms with E-state index in [2.05, 4.69) is 43.0 Å². The first-order chi connectivity index (χ1) is 10.3. The third kappa shape index (κ3) is 2.48. The number of aromatic amines is 1. The molecular weight excluding hydrogens is 326 g/mol. The normalized spacial score (nSPS) is 15.9. The van der Waals surface area contributed by atoms with Crippen molar-refractivity contribution in [2.24, 2.45) is 0 Å². The van der Waals surface area contributed by atoms with E-state index in [4.69, 9.17) is 0 Å². The highest BCUT2D eigenvalue weighted by Gasteiger charge is 2.20. The number of aromatic nitrogens is 3. The molecule has 4 heteroatoms. The van der Waals surface area contributed by atoms with Crippen molar-refractivity contribution in [2.75, 3.05) is 0 Å². The van der Waals surface area contributed by atoms with E-state index in [-0.39, 0.29) is 0 Å². The third-order valence-electron chi connectivity index (χ3n) is 4.29. The summed E-state index contributed by atoms with van der Waals surface area (Å²) in [4.78, 5) is 12.6. The van der Waals surface area contributed by atoms with Gasteiger partial charge in [0.15, 0.2) is 0 Å². The summed E-state index contributed by atoms with van der Waals surface area (Å²) in [5.74, 6) is 1.75. The van der Waals surface area contributed by atoms with Crippen molar-refractivity contribution in [2.45, 2.75) is 31.6 Å². The summed E-state index contributed by atoms with van der Waals surface area (Å²) in [6.07, 6.45) is 9.03. The van der Waals surface area contributed by atoms with Crippen LogP contribution in [0, 0.1) is 0 Å². The quantitative estimate of drug-likeness (QED) is 0.708. The summed E-state index contributed by atoms with van der Waals surface area (Å²) >= 11 is 3.48. The number of imidazole rings is 1. The van der Waals surface area contributed by atoms with Crippen molar-refractivity contribution < 1.29 is 0 Å². The highest BCUT2D eigenvalue weighted by molar-refractivity contribution is 9.10. The van der Waals surface area contributed by atoms with Gasteiger partial charge in [-0.05, 0) is 31.0 Å². The monoisotopic (exact) mass is 341 g/mol. The van der Waals surface area contributed by atoms with Crippen molar-refractivity contribution in [3.05, 3.63) is 47.0 Å². The lowest BCUT2D eigenvalue weighted by atomic mass is 10.1. The number of nitrogens with zero attached hydrogens (tertiary/aromatic N) is 2. The Morgan fingerprint density at radius 3 is 2.76 bits per heavy atom. The number of rotatable bonds is 2. The zero-order valence-electron chi connectivity index (χ0n) is 11.6.